The zero-order valence-electron chi connectivity index (χ0n) is 10.8. The molecule has 0 aliphatic heterocycles. The second-order valence-electron chi connectivity index (χ2n) is 4.04. The molecule has 0 bridgehead atoms. The Morgan fingerprint density at radius 3 is 2.90 bits per heavy atom. The molecule has 1 heterocycles. The number of nitrogens with zero attached hydrogens (tertiary/aromatic N) is 1. The Balaban J connectivity index is 1.63. The molecule has 0 saturated heterocycles. The molecule has 0 radical (unpaired) electrons. The number of carbonyl (C=O) groups is 1. The molecule has 4 nitrogen and oxygen atoms in total. The summed E-state index contributed by atoms with van der Waals surface area (Å²) in [6, 6.07) is 9.73. The van der Waals surface area contributed by atoms with Gasteiger partial charge < -0.3 is 9.84 Å². The summed E-state index contributed by atoms with van der Waals surface area (Å²) in [6.45, 7) is 0.671. The Labute approximate surface area is 125 Å². The monoisotopic (exact) mass is 309 g/mol. The minimum Gasteiger partial charge on any atom is -0.494 e. The van der Waals surface area contributed by atoms with E-state index in [4.69, 9.17) is 9.84 Å². The highest BCUT2D eigenvalue weighted by Crippen LogP contribution is 2.23. The first-order valence-electron chi connectivity index (χ1n) is 6.21. The molecular weight excluding hydrogens is 294 g/mol. The maximum atomic E-state index is 10.6. The van der Waals surface area contributed by atoms with Crippen LogP contribution in [0.1, 0.15) is 12.1 Å². The number of rotatable bonds is 8. The number of thioether (sulfide) groups is 1. The van der Waals surface area contributed by atoms with Gasteiger partial charge in [-0.05, 0) is 18.6 Å². The van der Waals surface area contributed by atoms with Crippen molar-refractivity contribution in [3.8, 4) is 5.75 Å². The van der Waals surface area contributed by atoms with E-state index < -0.39 is 5.97 Å². The largest absolute Gasteiger partial charge is 0.494 e. The van der Waals surface area contributed by atoms with Gasteiger partial charge in [-0.3, -0.25) is 4.79 Å². The number of thiazole rings is 1. The SMILES string of the molecule is O=C(O)Cc1csc(SCCCOc2ccccc2)n1. The van der Waals surface area contributed by atoms with Crippen molar-refractivity contribution in [1.29, 1.82) is 0 Å². The summed E-state index contributed by atoms with van der Waals surface area (Å²) in [7, 11) is 0. The van der Waals surface area contributed by atoms with E-state index in [1.54, 1.807) is 17.1 Å². The van der Waals surface area contributed by atoms with Gasteiger partial charge in [-0.15, -0.1) is 11.3 Å². The number of aromatic nitrogens is 1. The molecule has 0 atom stereocenters. The molecule has 1 aromatic heterocycles. The van der Waals surface area contributed by atoms with Crippen molar-refractivity contribution in [3.05, 3.63) is 41.4 Å². The van der Waals surface area contributed by atoms with E-state index in [1.807, 2.05) is 30.3 Å². The third-order valence-corrected chi connectivity index (χ3v) is 4.55. The van der Waals surface area contributed by atoms with Crippen molar-refractivity contribution >= 4 is 29.1 Å². The van der Waals surface area contributed by atoms with Gasteiger partial charge in [0.15, 0.2) is 0 Å². The lowest BCUT2D eigenvalue weighted by atomic mass is 10.3. The number of carboxylic acids is 1. The Morgan fingerprint density at radius 2 is 2.15 bits per heavy atom. The summed E-state index contributed by atoms with van der Waals surface area (Å²) in [5.41, 5.74) is 0.630. The highest BCUT2D eigenvalue weighted by molar-refractivity contribution is 8.01. The molecule has 0 saturated carbocycles. The van der Waals surface area contributed by atoms with Crippen LogP contribution in [0.5, 0.6) is 5.75 Å². The van der Waals surface area contributed by atoms with E-state index in [1.165, 1.54) is 11.3 Å². The second-order valence-corrected chi connectivity index (χ2v) is 6.24. The molecule has 0 fully saturated rings. The third kappa shape index (κ3) is 5.22. The Hall–Kier alpha value is -1.53. The summed E-state index contributed by atoms with van der Waals surface area (Å²) in [5.74, 6) is 0.950. The fraction of sp³-hybridized carbons (Fsp3) is 0.286. The van der Waals surface area contributed by atoms with Crippen molar-refractivity contribution in [3.63, 3.8) is 0 Å². The number of ether oxygens (including phenoxy) is 1. The lowest BCUT2D eigenvalue weighted by Crippen LogP contribution is -2.00. The van der Waals surface area contributed by atoms with Crippen LogP contribution in [0.25, 0.3) is 0 Å². The normalized spacial score (nSPS) is 10.4. The smallest absolute Gasteiger partial charge is 0.309 e. The van der Waals surface area contributed by atoms with Gasteiger partial charge in [-0.2, -0.15) is 0 Å². The number of hydrogen-bond acceptors (Lipinski definition) is 5. The molecule has 0 spiro atoms. The van der Waals surface area contributed by atoms with Gasteiger partial charge >= 0.3 is 5.97 Å². The molecule has 2 rings (SSSR count). The third-order valence-electron chi connectivity index (χ3n) is 2.39. The Bertz CT molecular complexity index is 542. The van der Waals surface area contributed by atoms with E-state index in [2.05, 4.69) is 4.98 Å². The predicted molar refractivity (Wildman–Crippen MR) is 80.7 cm³/mol. The van der Waals surface area contributed by atoms with Crippen LogP contribution in [0.3, 0.4) is 0 Å². The van der Waals surface area contributed by atoms with Crippen LogP contribution in [0.2, 0.25) is 0 Å². The highest BCUT2D eigenvalue weighted by Gasteiger charge is 2.06. The number of aliphatic carboxylic acids is 1. The van der Waals surface area contributed by atoms with Gasteiger partial charge in [-0.25, -0.2) is 4.98 Å². The van der Waals surface area contributed by atoms with Crippen LogP contribution < -0.4 is 4.74 Å². The van der Waals surface area contributed by atoms with Crippen molar-refractivity contribution in [2.45, 2.75) is 17.2 Å². The summed E-state index contributed by atoms with van der Waals surface area (Å²) >= 11 is 3.13. The van der Waals surface area contributed by atoms with Crippen LogP contribution in [0, 0.1) is 0 Å². The number of carboxylic acid groups (broad SMARTS) is 1. The van der Waals surface area contributed by atoms with Gasteiger partial charge in [0.25, 0.3) is 0 Å². The minimum atomic E-state index is -0.844. The van der Waals surface area contributed by atoms with Crippen molar-refractivity contribution in [2.75, 3.05) is 12.4 Å². The first-order valence-corrected chi connectivity index (χ1v) is 8.07. The van der Waals surface area contributed by atoms with Crippen molar-refractivity contribution in [1.82, 2.24) is 4.98 Å². The molecule has 106 valence electrons. The first kappa shape index (κ1) is 14.9. The molecule has 0 aliphatic carbocycles. The molecule has 1 N–H and O–H groups in total. The van der Waals surface area contributed by atoms with Gasteiger partial charge in [0.05, 0.1) is 18.7 Å². The van der Waals surface area contributed by atoms with Gasteiger partial charge in [0.1, 0.15) is 10.1 Å². The maximum absolute atomic E-state index is 10.6. The summed E-state index contributed by atoms with van der Waals surface area (Å²) < 4.78 is 6.51. The average molecular weight is 309 g/mol. The van der Waals surface area contributed by atoms with E-state index >= 15 is 0 Å². The van der Waals surface area contributed by atoms with Gasteiger partial charge in [0.2, 0.25) is 0 Å². The fourth-order valence-corrected chi connectivity index (χ4v) is 3.34. The van der Waals surface area contributed by atoms with E-state index in [0.29, 0.717) is 12.3 Å². The first-order chi connectivity index (χ1) is 9.74. The molecule has 0 aliphatic rings. The van der Waals surface area contributed by atoms with Crippen LogP contribution in [-0.4, -0.2) is 28.4 Å². The van der Waals surface area contributed by atoms with E-state index in [-0.39, 0.29) is 6.42 Å². The zero-order valence-corrected chi connectivity index (χ0v) is 12.5. The average Bonchev–Trinajstić information content (AvgIpc) is 2.86. The zero-order chi connectivity index (χ0) is 14.2. The predicted octanol–water partition coefficient (Wildman–Crippen LogP) is 3.33. The molecule has 2 aromatic rings. The highest BCUT2D eigenvalue weighted by atomic mass is 32.2. The van der Waals surface area contributed by atoms with Crippen LogP contribution in [0.4, 0.5) is 0 Å². The summed E-state index contributed by atoms with van der Waals surface area (Å²) in [4.78, 5) is 14.8. The second kappa shape index (κ2) is 7.91. The summed E-state index contributed by atoms with van der Waals surface area (Å²) in [5, 5.41) is 10.5. The number of para-hydroxylation sites is 1. The molecule has 0 amide bonds. The Kier molecular flexibility index (Phi) is 5.88. The number of benzene rings is 1. The molecular formula is C14H15NO3S2. The van der Waals surface area contributed by atoms with Crippen LogP contribution in [-0.2, 0) is 11.2 Å². The van der Waals surface area contributed by atoms with E-state index in [9.17, 15) is 4.79 Å². The standard InChI is InChI=1S/C14H15NO3S2/c16-13(17)9-11-10-20-14(15-11)19-8-4-7-18-12-5-2-1-3-6-12/h1-3,5-6,10H,4,7-9H2,(H,16,17). The quantitative estimate of drug-likeness (QED) is 0.598. The van der Waals surface area contributed by atoms with E-state index in [0.717, 1.165) is 22.3 Å². The topological polar surface area (TPSA) is 59.4 Å². The molecule has 6 heteroatoms. The maximum Gasteiger partial charge on any atom is 0.309 e. The lowest BCUT2D eigenvalue weighted by molar-refractivity contribution is -0.136. The van der Waals surface area contributed by atoms with Crippen LogP contribution in [0.15, 0.2) is 40.1 Å². The van der Waals surface area contributed by atoms with Crippen molar-refractivity contribution < 1.29 is 14.6 Å². The fourth-order valence-electron chi connectivity index (χ4n) is 1.52. The summed E-state index contributed by atoms with van der Waals surface area (Å²) in [6.07, 6.45) is 0.918. The lowest BCUT2D eigenvalue weighted by Gasteiger charge is -2.04. The molecule has 1 aromatic carbocycles. The molecule has 0 unspecified atom stereocenters. The van der Waals surface area contributed by atoms with Gasteiger partial charge in [-0.1, -0.05) is 30.0 Å². The minimum absolute atomic E-state index is 0.00578. The Morgan fingerprint density at radius 1 is 1.35 bits per heavy atom. The number of hydrogen-bond donors (Lipinski definition) is 1. The van der Waals surface area contributed by atoms with Gasteiger partial charge in [0, 0.05) is 11.1 Å². The van der Waals surface area contributed by atoms with Crippen LogP contribution >= 0.6 is 23.1 Å². The molecule has 20 heavy (non-hydrogen) atoms. The van der Waals surface area contributed by atoms with Crippen molar-refractivity contribution in [2.24, 2.45) is 0 Å².